The zero-order valence-electron chi connectivity index (χ0n) is 10.1. The number of hydrogen-bond acceptors (Lipinski definition) is 5. The van der Waals surface area contributed by atoms with E-state index >= 15 is 0 Å². The molecular weight excluding hydrogens is 247 g/mol. The highest BCUT2D eigenvalue weighted by Crippen LogP contribution is 2.30. The molecule has 0 radical (unpaired) electrons. The van der Waals surface area contributed by atoms with Crippen LogP contribution in [0.1, 0.15) is 20.3 Å². The van der Waals surface area contributed by atoms with Gasteiger partial charge in [0.15, 0.2) is 5.71 Å². The Morgan fingerprint density at radius 1 is 1.22 bits per heavy atom. The second kappa shape index (κ2) is 3.98. The number of nitrogens with one attached hydrogen (secondary N) is 1. The van der Waals surface area contributed by atoms with Gasteiger partial charge in [-0.15, -0.1) is 0 Å². The average molecular weight is 259 g/mol. The van der Waals surface area contributed by atoms with Crippen LogP contribution in [0.5, 0.6) is 0 Å². The summed E-state index contributed by atoms with van der Waals surface area (Å²) in [6.45, 7) is 3.17. The van der Waals surface area contributed by atoms with Crippen LogP contribution in [0, 0.1) is 0 Å². The number of amidine groups is 2. The first-order valence-electron chi connectivity index (χ1n) is 5.42. The summed E-state index contributed by atoms with van der Waals surface area (Å²) in [5.41, 5.74) is -1.31. The van der Waals surface area contributed by atoms with Crippen molar-refractivity contribution >= 4 is 23.1 Å². The first-order valence-corrected chi connectivity index (χ1v) is 5.42. The molecule has 0 aromatic rings. The lowest BCUT2D eigenvalue weighted by atomic mass is 10.1. The zero-order valence-corrected chi connectivity index (χ0v) is 10.1. The molecule has 2 heterocycles. The maximum Gasteiger partial charge on any atom is 0.435 e. The van der Waals surface area contributed by atoms with E-state index in [2.05, 4.69) is 25.3 Å². The van der Waals surface area contributed by atoms with Crippen LogP contribution >= 0.6 is 0 Å². The summed E-state index contributed by atoms with van der Waals surface area (Å²) in [5.74, 6) is -1.12. The van der Waals surface area contributed by atoms with E-state index in [0.717, 1.165) is 0 Å². The van der Waals surface area contributed by atoms with E-state index in [1.165, 1.54) is 14.0 Å². The highest BCUT2D eigenvalue weighted by Gasteiger charge is 2.52. The van der Waals surface area contributed by atoms with E-state index in [0.29, 0.717) is 12.3 Å². The minimum absolute atomic E-state index is 0.0247. The second-order valence-corrected chi connectivity index (χ2v) is 3.88. The molecule has 2 rings (SSSR count). The molecule has 0 amide bonds. The molecule has 5 nitrogen and oxygen atoms in total. The minimum atomic E-state index is -4.57. The van der Waals surface area contributed by atoms with Gasteiger partial charge in [-0.25, -0.2) is 20.0 Å². The molecule has 18 heavy (non-hydrogen) atoms. The summed E-state index contributed by atoms with van der Waals surface area (Å²) in [5, 5.41) is 2.69. The summed E-state index contributed by atoms with van der Waals surface area (Å²) in [7, 11) is 1.49. The van der Waals surface area contributed by atoms with Gasteiger partial charge >= 0.3 is 6.18 Å². The Bertz CT molecular complexity index is 500. The van der Waals surface area contributed by atoms with Gasteiger partial charge in [0.05, 0.1) is 0 Å². The Balaban J connectivity index is 2.59. The van der Waals surface area contributed by atoms with Gasteiger partial charge in [-0.05, 0) is 14.0 Å². The van der Waals surface area contributed by atoms with E-state index in [1.54, 1.807) is 6.92 Å². The van der Waals surface area contributed by atoms with E-state index in [-0.39, 0.29) is 11.5 Å². The largest absolute Gasteiger partial charge is 0.435 e. The molecule has 1 atom stereocenters. The van der Waals surface area contributed by atoms with Gasteiger partial charge in [-0.1, -0.05) is 6.92 Å². The molecule has 0 bridgehead atoms. The fraction of sp³-hybridized carbons (Fsp3) is 0.600. The zero-order chi connectivity index (χ0) is 13.6. The number of halogens is 3. The summed E-state index contributed by atoms with van der Waals surface area (Å²) in [6.07, 6.45) is -4.14. The van der Waals surface area contributed by atoms with Crippen LogP contribution < -0.4 is 5.32 Å². The van der Waals surface area contributed by atoms with Crippen molar-refractivity contribution in [3.63, 3.8) is 0 Å². The normalized spacial score (nSPS) is 27.2. The Morgan fingerprint density at radius 2 is 1.89 bits per heavy atom. The molecule has 0 aromatic heterocycles. The summed E-state index contributed by atoms with van der Waals surface area (Å²) >= 11 is 0. The molecule has 0 saturated carbocycles. The monoisotopic (exact) mass is 259 g/mol. The lowest BCUT2D eigenvalue weighted by molar-refractivity contribution is -0.0568. The topological polar surface area (TPSA) is 61.5 Å². The average Bonchev–Trinajstić information content (AvgIpc) is 2.65. The molecule has 0 saturated heterocycles. The quantitative estimate of drug-likeness (QED) is 0.803. The van der Waals surface area contributed by atoms with Crippen molar-refractivity contribution in [3.05, 3.63) is 0 Å². The van der Waals surface area contributed by atoms with Crippen LogP contribution in [0.15, 0.2) is 20.0 Å². The predicted molar refractivity (Wildman–Crippen MR) is 63.6 cm³/mol. The van der Waals surface area contributed by atoms with Gasteiger partial charge in [0.1, 0.15) is 17.4 Å². The molecule has 0 aliphatic carbocycles. The summed E-state index contributed by atoms with van der Waals surface area (Å²) in [6, 6.07) is 0. The van der Waals surface area contributed by atoms with Crippen molar-refractivity contribution in [2.45, 2.75) is 32.2 Å². The summed E-state index contributed by atoms with van der Waals surface area (Å²) < 4.78 is 38.8. The third-order valence-electron chi connectivity index (χ3n) is 2.62. The van der Waals surface area contributed by atoms with Gasteiger partial charge in [0.2, 0.25) is 0 Å². The second-order valence-electron chi connectivity index (χ2n) is 3.88. The molecule has 1 N–H and O–H groups in total. The summed E-state index contributed by atoms with van der Waals surface area (Å²) in [4.78, 5) is 15.5. The maximum absolute atomic E-state index is 12.9. The number of fused-ring (bicyclic) bond motifs is 1. The third kappa shape index (κ3) is 1.86. The number of hydrogen-bond donors (Lipinski definition) is 1. The molecule has 0 fully saturated rings. The van der Waals surface area contributed by atoms with Gasteiger partial charge in [-0.3, -0.25) is 5.32 Å². The van der Waals surface area contributed by atoms with Crippen LogP contribution in [-0.2, 0) is 0 Å². The van der Waals surface area contributed by atoms with Crippen molar-refractivity contribution in [2.24, 2.45) is 20.0 Å². The lowest BCUT2D eigenvalue weighted by Gasteiger charge is -2.28. The molecule has 2 aliphatic rings. The van der Waals surface area contributed by atoms with Gasteiger partial charge in [-0.2, -0.15) is 13.2 Å². The Kier molecular flexibility index (Phi) is 2.84. The third-order valence-corrected chi connectivity index (χ3v) is 2.62. The molecular formula is C10H12F3N5. The van der Waals surface area contributed by atoms with Crippen molar-refractivity contribution in [1.82, 2.24) is 5.32 Å². The van der Waals surface area contributed by atoms with Crippen LogP contribution in [0.3, 0.4) is 0 Å². The van der Waals surface area contributed by atoms with Crippen molar-refractivity contribution in [2.75, 3.05) is 7.05 Å². The van der Waals surface area contributed by atoms with Gasteiger partial charge in [0.25, 0.3) is 5.79 Å². The molecule has 0 spiro atoms. The predicted octanol–water partition coefficient (Wildman–Crippen LogP) is 1.56. The Labute approximate surface area is 102 Å². The van der Waals surface area contributed by atoms with Gasteiger partial charge < -0.3 is 0 Å². The van der Waals surface area contributed by atoms with Crippen molar-refractivity contribution in [1.29, 1.82) is 0 Å². The molecule has 0 aromatic carbocycles. The molecule has 2 aliphatic heterocycles. The first kappa shape index (κ1) is 12.9. The maximum atomic E-state index is 12.9. The van der Waals surface area contributed by atoms with Crippen LogP contribution in [0.25, 0.3) is 0 Å². The number of nitrogens with zero attached hydrogens (tertiary/aromatic N) is 4. The molecule has 98 valence electrons. The lowest BCUT2D eigenvalue weighted by Crippen LogP contribution is -2.54. The smallest absolute Gasteiger partial charge is 0.272 e. The minimum Gasteiger partial charge on any atom is -0.272 e. The Morgan fingerprint density at radius 3 is 2.39 bits per heavy atom. The highest BCUT2D eigenvalue weighted by atomic mass is 19.4. The van der Waals surface area contributed by atoms with Gasteiger partial charge in [0, 0.05) is 6.42 Å². The van der Waals surface area contributed by atoms with Crippen LogP contribution in [0.2, 0.25) is 0 Å². The Hall–Kier alpha value is -1.57. The van der Waals surface area contributed by atoms with E-state index in [4.69, 9.17) is 0 Å². The number of alkyl halides is 3. The number of aliphatic imine (C=N–C) groups is 4. The van der Waals surface area contributed by atoms with E-state index in [1.807, 2.05) is 0 Å². The number of rotatable bonds is 2. The first-order chi connectivity index (χ1) is 8.32. The fourth-order valence-electron chi connectivity index (χ4n) is 1.83. The van der Waals surface area contributed by atoms with Crippen LogP contribution in [-0.4, -0.2) is 42.1 Å². The van der Waals surface area contributed by atoms with E-state index in [9.17, 15) is 13.2 Å². The highest BCUT2D eigenvalue weighted by molar-refractivity contribution is 6.52. The van der Waals surface area contributed by atoms with Crippen molar-refractivity contribution in [3.8, 4) is 0 Å². The standard InChI is InChI=1S/C10H12F3N5/c1-4-6-16-8-7(9(11,12)13)15-5(2)17-10(8,14-3)18-6/h14H,4H2,1-3H3. The van der Waals surface area contributed by atoms with E-state index < -0.39 is 17.7 Å². The molecule has 1 unspecified atom stereocenters. The van der Waals surface area contributed by atoms with Crippen molar-refractivity contribution < 1.29 is 13.2 Å². The van der Waals surface area contributed by atoms with Crippen LogP contribution in [0.4, 0.5) is 13.2 Å². The SMILES string of the molecule is CCC1=NC2(NC)N=C(C)N=C(C(F)(F)F)C2=N1. The fourth-order valence-corrected chi connectivity index (χ4v) is 1.83. The molecule has 8 heteroatoms.